The van der Waals surface area contributed by atoms with Crippen molar-refractivity contribution in [1.29, 1.82) is 0 Å². The molecule has 6 heteroatoms. The Morgan fingerprint density at radius 1 is 1.00 bits per heavy atom. The summed E-state index contributed by atoms with van der Waals surface area (Å²) in [7, 11) is 0. The van der Waals surface area contributed by atoms with Gasteiger partial charge in [-0.15, -0.1) is 0 Å². The molecule has 27 heavy (non-hydrogen) atoms. The Morgan fingerprint density at radius 2 is 1.67 bits per heavy atom. The number of hydrazine groups is 1. The van der Waals surface area contributed by atoms with Crippen molar-refractivity contribution in [3.05, 3.63) is 59.5 Å². The number of amides is 2. The van der Waals surface area contributed by atoms with Crippen molar-refractivity contribution < 1.29 is 14.0 Å². The zero-order valence-electron chi connectivity index (χ0n) is 16.4. The summed E-state index contributed by atoms with van der Waals surface area (Å²) in [4.78, 5) is 23.8. The highest BCUT2D eigenvalue weighted by atomic mass is 16.3. The summed E-state index contributed by atoms with van der Waals surface area (Å²) >= 11 is 0. The molecule has 146 valence electrons. The van der Waals surface area contributed by atoms with E-state index in [9.17, 15) is 9.59 Å². The lowest BCUT2D eigenvalue weighted by molar-refractivity contribution is -0.121. The molecule has 0 radical (unpaired) electrons. The second-order valence-corrected chi connectivity index (χ2v) is 7.06. The SMILES string of the molecule is CC[C@H](C)c1ccc([C@@H](NCC(=O)NNC(=O)c2ccco2)C(C)C)cc1. The highest BCUT2D eigenvalue weighted by molar-refractivity contribution is 5.93. The van der Waals surface area contributed by atoms with Crippen molar-refractivity contribution in [2.24, 2.45) is 5.92 Å². The summed E-state index contributed by atoms with van der Waals surface area (Å²) in [5, 5.41) is 3.27. The molecule has 0 saturated heterocycles. The summed E-state index contributed by atoms with van der Waals surface area (Å²) < 4.78 is 4.97. The number of hydrogen-bond donors (Lipinski definition) is 3. The maximum absolute atomic E-state index is 12.0. The Bertz CT molecular complexity index is 724. The Balaban J connectivity index is 1.88. The summed E-state index contributed by atoms with van der Waals surface area (Å²) in [6, 6.07) is 11.7. The van der Waals surface area contributed by atoms with Crippen LogP contribution in [0.5, 0.6) is 0 Å². The first-order valence-electron chi connectivity index (χ1n) is 9.38. The summed E-state index contributed by atoms with van der Waals surface area (Å²) in [6.07, 6.45) is 2.51. The average Bonchev–Trinajstić information content (AvgIpc) is 3.20. The van der Waals surface area contributed by atoms with Crippen LogP contribution in [-0.2, 0) is 4.79 Å². The van der Waals surface area contributed by atoms with E-state index in [1.165, 1.54) is 17.9 Å². The normalized spacial score (nSPS) is 13.2. The van der Waals surface area contributed by atoms with Gasteiger partial charge in [-0.2, -0.15) is 0 Å². The van der Waals surface area contributed by atoms with Gasteiger partial charge in [0.15, 0.2) is 5.76 Å². The summed E-state index contributed by atoms with van der Waals surface area (Å²) in [5.74, 6) is 0.175. The average molecular weight is 371 g/mol. The van der Waals surface area contributed by atoms with Crippen molar-refractivity contribution >= 4 is 11.8 Å². The number of carbonyl (C=O) groups excluding carboxylic acids is 2. The minimum Gasteiger partial charge on any atom is -0.459 e. The number of rotatable bonds is 8. The van der Waals surface area contributed by atoms with Crippen LogP contribution in [0.2, 0.25) is 0 Å². The van der Waals surface area contributed by atoms with Crippen molar-refractivity contribution in [1.82, 2.24) is 16.2 Å². The van der Waals surface area contributed by atoms with Gasteiger partial charge in [0.25, 0.3) is 5.91 Å². The molecule has 2 aromatic rings. The molecular formula is C21H29N3O3. The number of carbonyl (C=O) groups is 2. The Labute approximate surface area is 160 Å². The second kappa shape index (κ2) is 9.92. The first kappa shape index (κ1) is 20.7. The molecule has 2 rings (SSSR count). The van der Waals surface area contributed by atoms with Crippen LogP contribution < -0.4 is 16.2 Å². The maximum Gasteiger partial charge on any atom is 0.305 e. The van der Waals surface area contributed by atoms with Gasteiger partial charge in [-0.05, 0) is 41.5 Å². The van der Waals surface area contributed by atoms with E-state index in [2.05, 4.69) is 68.1 Å². The highest BCUT2D eigenvalue weighted by Crippen LogP contribution is 2.25. The van der Waals surface area contributed by atoms with Gasteiger partial charge in [-0.25, -0.2) is 0 Å². The van der Waals surface area contributed by atoms with E-state index in [1.807, 2.05) is 0 Å². The molecule has 2 atom stereocenters. The molecule has 0 aliphatic carbocycles. The Kier molecular flexibility index (Phi) is 7.61. The minimum atomic E-state index is -0.491. The van der Waals surface area contributed by atoms with Crippen molar-refractivity contribution in [3.8, 4) is 0 Å². The van der Waals surface area contributed by atoms with Crippen LogP contribution in [0.4, 0.5) is 0 Å². The molecule has 0 spiro atoms. The van der Waals surface area contributed by atoms with E-state index in [4.69, 9.17) is 4.42 Å². The van der Waals surface area contributed by atoms with E-state index in [-0.39, 0.29) is 24.3 Å². The molecule has 0 aliphatic heterocycles. The van der Waals surface area contributed by atoms with Gasteiger partial charge in [0.05, 0.1) is 12.8 Å². The van der Waals surface area contributed by atoms with E-state index < -0.39 is 5.91 Å². The first-order valence-corrected chi connectivity index (χ1v) is 9.38. The zero-order valence-corrected chi connectivity index (χ0v) is 16.4. The van der Waals surface area contributed by atoms with Crippen molar-refractivity contribution in [3.63, 3.8) is 0 Å². The molecule has 2 amide bonds. The van der Waals surface area contributed by atoms with Gasteiger partial charge in [0.1, 0.15) is 0 Å². The van der Waals surface area contributed by atoms with E-state index in [0.29, 0.717) is 11.8 Å². The fourth-order valence-corrected chi connectivity index (χ4v) is 2.85. The van der Waals surface area contributed by atoms with E-state index >= 15 is 0 Å². The molecule has 0 bridgehead atoms. The van der Waals surface area contributed by atoms with Crippen LogP contribution in [0.15, 0.2) is 47.1 Å². The summed E-state index contributed by atoms with van der Waals surface area (Å²) in [5.41, 5.74) is 7.18. The van der Waals surface area contributed by atoms with Gasteiger partial charge in [-0.1, -0.05) is 52.0 Å². The van der Waals surface area contributed by atoms with Gasteiger partial charge in [-0.3, -0.25) is 20.4 Å². The Morgan fingerprint density at radius 3 is 2.22 bits per heavy atom. The minimum absolute atomic E-state index is 0.0440. The van der Waals surface area contributed by atoms with Gasteiger partial charge < -0.3 is 9.73 Å². The molecular weight excluding hydrogens is 342 g/mol. The van der Waals surface area contributed by atoms with E-state index in [1.54, 1.807) is 6.07 Å². The van der Waals surface area contributed by atoms with Gasteiger partial charge >= 0.3 is 5.91 Å². The van der Waals surface area contributed by atoms with Crippen LogP contribution in [0.1, 0.15) is 67.8 Å². The van der Waals surface area contributed by atoms with Gasteiger partial charge in [0, 0.05) is 6.04 Å². The van der Waals surface area contributed by atoms with Crippen LogP contribution in [0.3, 0.4) is 0 Å². The molecule has 1 aromatic carbocycles. The topological polar surface area (TPSA) is 83.4 Å². The Hall–Kier alpha value is -2.60. The lowest BCUT2D eigenvalue weighted by Crippen LogP contribution is -2.46. The zero-order chi connectivity index (χ0) is 19.8. The largest absolute Gasteiger partial charge is 0.459 e. The smallest absolute Gasteiger partial charge is 0.305 e. The number of furan rings is 1. The van der Waals surface area contributed by atoms with Gasteiger partial charge in [0.2, 0.25) is 0 Å². The third-order valence-corrected chi connectivity index (χ3v) is 4.69. The molecule has 1 aromatic heterocycles. The van der Waals surface area contributed by atoms with E-state index in [0.717, 1.165) is 12.0 Å². The maximum atomic E-state index is 12.0. The molecule has 6 nitrogen and oxygen atoms in total. The molecule has 0 unspecified atom stereocenters. The predicted octanol–water partition coefficient (Wildman–Crippen LogP) is 3.54. The van der Waals surface area contributed by atoms with Crippen molar-refractivity contribution in [2.45, 2.75) is 46.1 Å². The molecule has 0 fully saturated rings. The lowest BCUT2D eigenvalue weighted by atomic mass is 9.92. The number of benzene rings is 1. The van der Waals surface area contributed by atoms with Crippen LogP contribution in [0.25, 0.3) is 0 Å². The first-order chi connectivity index (χ1) is 12.9. The molecule has 3 N–H and O–H groups in total. The molecule has 1 heterocycles. The monoisotopic (exact) mass is 371 g/mol. The quantitative estimate of drug-likeness (QED) is 0.620. The standard InChI is InChI=1S/C21H29N3O3/c1-5-15(4)16-8-10-17(11-9-16)20(14(2)3)22-13-19(25)23-24-21(26)18-7-6-12-27-18/h6-12,14-15,20,22H,5,13H2,1-4H3,(H,23,25)(H,24,26)/t15-,20-/m0/s1. The van der Waals surface area contributed by atoms with Crippen LogP contribution >= 0.6 is 0 Å². The van der Waals surface area contributed by atoms with Crippen LogP contribution in [-0.4, -0.2) is 18.4 Å². The summed E-state index contributed by atoms with van der Waals surface area (Å²) in [6.45, 7) is 8.71. The number of hydrogen-bond acceptors (Lipinski definition) is 4. The molecule has 0 aliphatic rings. The number of nitrogens with one attached hydrogen (secondary N) is 3. The second-order valence-electron chi connectivity index (χ2n) is 7.06. The highest BCUT2D eigenvalue weighted by Gasteiger charge is 2.17. The van der Waals surface area contributed by atoms with Crippen molar-refractivity contribution in [2.75, 3.05) is 6.54 Å². The fourth-order valence-electron chi connectivity index (χ4n) is 2.85. The predicted molar refractivity (Wildman–Crippen MR) is 105 cm³/mol. The third kappa shape index (κ3) is 5.96. The van der Waals surface area contributed by atoms with Crippen LogP contribution in [0, 0.1) is 5.92 Å². The molecule has 0 saturated carbocycles. The fraction of sp³-hybridized carbons (Fsp3) is 0.429. The lowest BCUT2D eigenvalue weighted by Gasteiger charge is -2.23. The third-order valence-electron chi connectivity index (χ3n) is 4.69.